The van der Waals surface area contributed by atoms with Gasteiger partial charge in [0.25, 0.3) is 0 Å². The van der Waals surface area contributed by atoms with Crippen LogP contribution in [0.15, 0.2) is 54.6 Å². The molecule has 1 heterocycles. The number of piperidine rings is 1. The lowest BCUT2D eigenvalue weighted by Gasteiger charge is -2.37. The number of rotatable bonds is 5. The summed E-state index contributed by atoms with van der Waals surface area (Å²) in [5.74, 6) is 0.0872. The van der Waals surface area contributed by atoms with Gasteiger partial charge in [-0.25, -0.2) is 4.79 Å². The molecule has 5 nitrogen and oxygen atoms in total. The van der Waals surface area contributed by atoms with Gasteiger partial charge < -0.3 is 15.5 Å². The third-order valence-corrected chi connectivity index (χ3v) is 5.83. The topological polar surface area (TPSA) is 61.4 Å². The number of aryl methyl sites for hydroxylation is 1. The molecule has 0 bridgehead atoms. The second-order valence-corrected chi connectivity index (χ2v) is 8.38. The fourth-order valence-corrected chi connectivity index (χ4v) is 4.05. The third kappa shape index (κ3) is 5.17. The van der Waals surface area contributed by atoms with Gasteiger partial charge in [-0.15, -0.1) is 0 Å². The van der Waals surface area contributed by atoms with Crippen LogP contribution in [0.2, 0.25) is 0 Å². The molecule has 29 heavy (non-hydrogen) atoms. The van der Waals surface area contributed by atoms with Crippen molar-refractivity contribution < 1.29 is 9.59 Å². The van der Waals surface area contributed by atoms with E-state index in [2.05, 4.69) is 41.8 Å². The van der Waals surface area contributed by atoms with Gasteiger partial charge in [-0.1, -0.05) is 60.2 Å². The Balaban J connectivity index is 1.46. The van der Waals surface area contributed by atoms with Crippen molar-refractivity contribution in [1.82, 2.24) is 15.5 Å². The maximum atomic E-state index is 12.9. The van der Waals surface area contributed by atoms with E-state index in [-0.39, 0.29) is 23.8 Å². The second-order valence-electron chi connectivity index (χ2n) is 8.38. The van der Waals surface area contributed by atoms with Crippen molar-refractivity contribution in [2.45, 2.75) is 44.7 Å². The van der Waals surface area contributed by atoms with E-state index in [0.29, 0.717) is 25.7 Å². The van der Waals surface area contributed by atoms with Crippen molar-refractivity contribution in [3.63, 3.8) is 0 Å². The average Bonchev–Trinajstić information content (AvgIpc) is 3.56. The molecular weight excluding hydrogens is 362 g/mol. The molecular formula is C24H29N3O2. The summed E-state index contributed by atoms with van der Waals surface area (Å²) < 4.78 is 0. The van der Waals surface area contributed by atoms with Crippen LogP contribution in [0.3, 0.4) is 0 Å². The molecule has 5 heteroatoms. The van der Waals surface area contributed by atoms with E-state index in [1.165, 1.54) is 11.1 Å². The highest BCUT2D eigenvalue weighted by Crippen LogP contribution is 2.32. The smallest absolute Gasteiger partial charge is 0.317 e. The normalized spacial score (nSPS) is 21.5. The maximum absolute atomic E-state index is 12.9. The summed E-state index contributed by atoms with van der Waals surface area (Å²) in [6.45, 7) is 3.68. The van der Waals surface area contributed by atoms with Gasteiger partial charge in [0.2, 0.25) is 5.91 Å². The molecule has 2 atom stereocenters. The van der Waals surface area contributed by atoms with Crippen molar-refractivity contribution >= 4 is 11.9 Å². The quantitative estimate of drug-likeness (QED) is 0.818. The minimum absolute atomic E-state index is 0.0886. The van der Waals surface area contributed by atoms with Crippen LogP contribution in [0.1, 0.15) is 41.9 Å². The van der Waals surface area contributed by atoms with Crippen LogP contribution in [-0.2, 0) is 11.3 Å². The Morgan fingerprint density at radius 2 is 1.83 bits per heavy atom. The Morgan fingerprint density at radius 3 is 2.55 bits per heavy atom. The Hall–Kier alpha value is -2.82. The summed E-state index contributed by atoms with van der Waals surface area (Å²) in [6.07, 6.45) is 2.92. The molecule has 2 aliphatic rings. The second kappa shape index (κ2) is 8.68. The first-order valence-electron chi connectivity index (χ1n) is 10.5. The molecule has 0 aromatic heterocycles. The third-order valence-electron chi connectivity index (χ3n) is 5.83. The lowest BCUT2D eigenvalue weighted by molar-refractivity contribution is -0.126. The van der Waals surface area contributed by atoms with Crippen molar-refractivity contribution in [2.75, 3.05) is 13.1 Å². The largest absolute Gasteiger partial charge is 0.353 e. The van der Waals surface area contributed by atoms with Crippen molar-refractivity contribution in [3.05, 3.63) is 71.3 Å². The van der Waals surface area contributed by atoms with Crippen LogP contribution in [0.4, 0.5) is 4.79 Å². The number of benzene rings is 2. The molecule has 2 N–H and O–H groups in total. The summed E-state index contributed by atoms with van der Waals surface area (Å²) in [5.41, 5.74) is 3.47. The predicted molar refractivity (Wildman–Crippen MR) is 113 cm³/mol. The molecule has 3 amide bonds. The summed E-state index contributed by atoms with van der Waals surface area (Å²) in [7, 11) is 0. The number of likely N-dealkylation sites (tertiary alicyclic amines) is 1. The summed E-state index contributed by atoms with van der Waals surface area (Å²) >= 11 is 0. The Kier molecular flexibility index (Phi) is 5.84. The van der Waals surface area contributed by atoms with Crippen LogP contribution >= 0.6 is 0 Å². The molecule has 0 spiro atoms. The minimum Gasteiger partial charge on any atom is -0.353 e. The van der Waals surface area contributed by atoms with Crippen molar-refractivity contribution in [3.8, 4) is 0 Å². The van der Waals surface area contributed by atoms with Gasteiger partial charge in [0.1, 0.15) is 0 Å². The average molecular weight is 392 g/mol. The number of nitrogens with zero attached hydrogens (tertiary/aromatic N) is 1. The van der Waals surface area contributed by atoms with Gasteiger partial charge in [0, 0.05) is 31.6 Å². The minimum atomic E-state index is -0.169. The van der Waals surface area contributed by atoms with E-state index in [0.717, 1.165) is 24.8 Å². The van der Waals surface area contributed by atoms with Gasteiger partial charge >= 0.3 is 6.03 Å². The van der Waals surface area contributed by atoms with E-state index in [9.17, 15) is 9.59 Å². The Labute approximate surface area is 172 Å². The van der Waals surface area contributed by atoms with E-state index in [1.54, 1.807) is 0 Å². The van der Waals surface area contributed by atoms with Crippen molar-refractivity contribution in [2.24, 2.45) is 5.92 Å². The van der Waals surface area contributed by atoms with Crippen LogP contribution in [-0.4, -0.2) is 36.0 Å². The number of nitrogens with one attached hydrogen (secondary N) is 2. The number of carbonyl (C=O) groups is 2. The van der Waals surface area contributed by atoms with Gasteiger partial charge in [-0.2, -0.15) is 0 Å². The lowest BCUT2D eigenvalue weighted by atomic mass is 9.83. The number of amides is 3. The number of hydrogen-bond acceptors (Lipinski definition) is 2. The maximum Gasteiger partial charge on any atom is 0.317 e. The van der Waals surface area contributed by atoms with E-state index >= 15 is 0 Å². The summed E-state index contributed by atoms with van der Waals surface area (Å²) in [5, 5.41) is 6.15. The standard InChI is InChI=1S/C24H29N3O2/c1-17-6-5-9-19(12-17)20-13-21(23(28)26-22-10-11-22)16-27(15-20)24(29)25-14-18-7-3-2-4-8-18/h2-9,12,20-22H,10-11,13-16H2,1H3,(H,25,29)(H,26,28). The molecule has 2 unspecified atom stereocenters. The van der Waals surface area contributed by atoms with Crippen LogP contribution in [0.25, 0.3) is 0 Å². The molecule has 2 fully saturated rings. The number of urea groups is 1. The predicted octanol–water partition coefficient (Wildman–Crippen LogP) is 3.59. The summed E-state index contributed by atoms with van der Waals surface area (Å²) in [4.78, 5) is 27.5. The van der Waals surface area contributed by atoms with Gasteiger partial charge in [-0.3, -0.25) is 4.79 Å². The highest BCUT2D eigenvalue weighted by Gasteiger charge is 2.36. The number of hydrogen-bond donors (Lipinski definition) is 2. The zero-order valence-corrected chi connectivity index (χ0v) is 16.9. The molecule has 0 radical (unpaired) electrons. The zero-order chi connectivity index (χ0) is 20.2. The van der Waals surface area contributed by atoms with Gasteiger partial charge in [-0.05, 0) is 37.3 Å². The van der Waals surface area contributed by atoms with Crippen LogP contribution in [0.5, 0.6) is 0 Å². The fraction of sp³-hybridized carbons (Fsp3) is 0.417. The molecule has 2 aromatic rings. The van der Waals surface area contributed by atoms with Gasteiger partial charge in [0.15, 0.2) is 0 Å². The Bertz CT molecular complexity index is 863. The SMILES string of the molecule is Cc1cccc(C2CC(C(=O)NC3CC3)CN(C(=O)NCc3ccccc3)C2)c1. The molecule has 4 rings (SSSR count). The fourth-order valence-electron chi connectivity index (χ4n) is 4.05. The van der Waals surface area contributed by atoms with E-state index < -0.39 is 0 Å². The first kappa shape index (κ1) is 19.5. The monoisotopic (exact) mass is 391 g/mol. The first-order valence-corrected chi connectivity index (χ1v) is 10.5. The van der Waals surface area contributed by atoms with Crippen LogP contribution < -0.4 is 10.6 Å². The van der Waals surface area contributed by atoms with Crippen LogP contribution in [0, 0.1) is 12.8 Å². The highest BCUT2D eigenvalue weighted by molar-refractivity contribution is 5.81. The Morgan fingerprint density at radius 1 is 1.03 bits per heavy atom. The lowest BCUT2D eigenvalue weighted by Crippen LogP contribution is -2.51. The molecule has 1 saturated heterocycles. The van der Waals surface area contributed by atoms with E-state index in [1.807, 2.05) is 35.2 Å². The van der Waals surface area contributed by atoms with Crippen molar-refractivity contribution in [1.29, 1.82) is 0 Å². The molecule has 1 aliphatic heterocycles. The summed E-state index contributed by atoms with van der Waals surface area (Å²) in [6, 6.07) is 18.5. The van der Waals surface area contributed by atoms with E-state index in [4.69, 9.17) is 0 Å². The number of carbonyl (C=O) groups excluding carboxylic acids is 2. The van der Waals surface area contributed by atoms with Gasteiger partial charge in [0.05, 0.1) is 5.92 Å². The molecule has 2 aromatic carbocycles. The first-order chi connectivity index (χ1) is 14.1. The highest BCUT2D eigenvalue weighted by atomic mass is 16.2. The molecule has 152 valence electrons. The zero-order valence-electron chi connectivity index (χ0n) is 16.9. The molecule has 1 aliphatic carbocycles. The molecule has 1 saturated carbocycles.